The van der Waals surface area contributed by atoms with E-state index in [4.69, 9.17) is 14.2 Å². The number of likely N-dealkylation sites (tertiary alicyclic amines) is 1. The SMILES string of the molecule is CCCC(CCC)N(C(=O)CN1C[C@H](c2cc(OC)c3c(c2)OCO3)C(C(=O)O)[C@@H]1CCN1CCCN(C)C1=O)c1ccc(F)c(C)c1. The lowest BCUT2D eigenvalue weighted by Crippen LogP contribution is -2.50. The summed E-state index contributed by atoms with van der Waals surface area (Å²) in [6.45, 7) is 7.82. The van der Waals surface area contributed by atoms with E-state index in [1.165, 1.54) is 13.2 Å². The van der Waals surface area contributed by atoms with Gasteiger partial charge in [-0.05, 0) is 74.1 Å². The number of urea groups is 1. The van der Waals surface area contributed by atoms with Crippen molar-refractivity contribution in [2.75, 3.05) is 58.6 Å². The molecule has 2 fully saturated rings. The molecule has 0 aliphatic carbocycles. The van der Waals surface area contributed by atoms with E-state index in [0.29, 0.717) is 61.1 Å². The van der Waals surface area contributed by atoms with Crippen molar-refractivity contribution in [2.24, 2.45) is 5.92 Å². The van der Waals surface area contributed by atoms with Crippen LogP contribution in [0.15, 0.2) is 30.3 Å². The number of hydrogen-bond acceptors (Lipinski definition) is 7. The molecule has 2 aromatic rings. The van der Waals surface area contributed by atoms with Gasteiger partial charge < -0.3 is 34.0 Å². The zero-order chi connectivity index (χ0) is 34.5. The van der Waals surface area contributed by atoms with Crippen molar-refractivity contribution in [1.82, 2.24) is 14.7 Å². The third kappa shape index (κ3) is 7.33. The van der Waals surface area contributed by atoms with Gasteiger partial charge in [-0.3, -0.25) is 14.5 Å². The summed E-state index contributed by atoms with van der Waals surface area (Å²) < 4.78 is 31.2. The van der Waals surface area contributed by atoms with E-state index in [9.17, 15) is 23.9 Å². The lowest BCUT2D eigenvalue weighted by atomic mass is 9.84. The molecular weight excluding hydrogens is 619 g/mol. The molecule has 262 valence electrons. The number of ether oxygens (including phenoxy) is 3. The number of amides is 3. The Hall–Kier alpha value is -4.06. The first-order valence-corrected chi connectivity index (χ1v) is 17.1. The molecule has 3 atom stereocenters. The number of carboxylic acids is 1. The van der Waals surface area contributed by atoms with Gasteiger partial charge >= 0.3 is 12.0 Å². The van der Waals surface area contributed by atoms with Gasteiger partial charge in [0.05, 0.1) is 19.6 Å². The highest BCUT2D eigenvalue weighted by atomic mass is 19.1. The number of anilines is 1. The van der Waals surface area contributed by atoms with Crippen LogP contribution in [-0.2, 0) is 9.59 Å². The van der Waals surface area contributed by atoms with Gasteiger partial charge in [0.25, 0.3) is 0 Å². The molecule has 3 aliphatic heterocycles. The molecule has 48 heavy (non-hydrogen) atoms. The van der Waals surface area contributed by atoms with Crippen LogP contribution in [0.1, 0.15) is 69.4 Å². The molecule has 3 aliphatic rings. The molecule has 3 heterocycles. The highest BCUT2D eigenvalue weighted by Gasteiger charge is 2.48. The lowest BCUT2D eigenvalue weighted by molar-refractivity contribution is -0.143. The summed E-state index contributed by atoms with van der Waals surface area (Å²) in [5.74, 6) is -1.42. The summed E-state index contributed by atoms with van der Waals surface area (Å²) in [5.41, 5.74) is 1.81. The van der Waals surface area contributed by atoms with Crippen LogP contribution in [0.5, 0.6) is 17.2 Å². The molecule has 1 N–H and O–H groups in total. The predicted molar refractivity (Wildman–Crippen MR) is 179 cm³/mol. The Balaban J connectivity index is 1.51. The van der Waals surface area contributed by atoms with Gasteiger partial charge in [0.1, 0.15) is 5.82 Å². The fourth-order valence-corrected chi connectivity index (χ4v) is 7.64. The predicted octanol–water partition coefficient (Wildman–Crippen LogP) is 5.49. The Bertz CT molecular complexity index is 1480. The summed E-state index contributed by atoms with van der Waals surface area (Å²) >= 11 is 0. The summed E-state index contributed by atoms with van der Waals surface area (Å²) in [6.07, 6.45) is 4.51. The first-order chi connectivity index (χ1) is 23.1. The van der Waals surface area contributed by atoms with E-state index in [1.807, 2.05) is 11.0 Å². The zero-order valence-corrected chi connectivity index (χ0v) is 28.7. The van der Waals surface area contributed by atoms with Crippen molar-refractivity contribution >= 4 is 23.6 Å². The van der Waals surface area contributed by atoms with E-state index in [-0.39, 0.29) is 37.1 Å². The normalized spacial score (nSPS) is 20.9. The number of halogens is 1. The molecule has 0 aromatic heterocycles. The van der Waals surface area contributed by atoms with E-state index in [0.717, 1.165) is 37.7 Å². The Labute approximate surface area is 282 Å². The van der Waals surface area contributed by atoms with Crippen molar-refractivity contribution in [3.8, 4) is 17.2 Å². The number of carbonyl (C=O) groups excluding carboxylic acids is 2. The van der Waals surface area contributed by atoms with Gasteiger partial charge in [0, 0.05) is 56.9 Å². The quantitative estimate of drug-likeness (QED) is 0.282. The largest absolute Gasteiger partial charge is 0.493 e. The van der Waals surface area contributed by atoms with Crippen LogP contribution >= 0.6 is 0 Å². The highest BCUT2D eigenvalue weighted by Crippen LogP contribution is 2.47. The number of aliphatic carboxylic acids is 1. The fourth-order valence-electron chi connectivity index (χ4n) is 7.64. The molecule has 0 saturated carbocycles. The van der Waals surface area contributed by atoms with Crippen molar-refractivity contribution in [3.05, 3.63) is 47.3 Å². The van der Waals surface area contributed by atoms with Gasteiger partial charge in [-0.2, -0.15) is 0 Å². The number of carboxylic acid groups (broad SMARTS) is 1. The summed E-state index contributed by atoms with van der Waals surface area (Å²) in [5, 5.41) is 10.8. The summed E-state index contributed by atoms with van der Waals surface area (Å²) in [4.78, 5) is 47.9. The van der Waals surface area contributed by atoms with Crippen LogP contribution in [0.25, 0.3) is 0 Å². The lowest BCUT2D eigenvalue weighted by Gasteiger charge is -2.36. The number of hydrogen-bond donors (Lipinski definition) is 1. The maximum atomic E-state index is 14.5. The van der Waals surface area contributed by atoms with Crippen molar-refractivity contribution in [3.63, 3.8) is 0 Å². The molecule has 11 nitrogen and oxygen atoms in total. The average molecular weight is 669 g/mol. The maximum Gasteiger partial charge on any atom is 0.319 e. The first kappa shape index (κ1) is 35.3. The van der Waals surface area contributed by atoms with Gasteiger partial charge in [-0.15, -0.1) is 0 Å². The minimum absolute atomic E-state index is 0.0269. The van der Waals surface area contributed by atoms with E-state index in [1.54, 1.807) is 46.9 Å². The summed E-state index contributed by atoms with van der Waals surface area (Å²) in [6, 6.07) is 7.66. The number of aryl methyl sites for hydroxylation is 1. The van der Waals surface area contributed by atoms with E-state index < -0.39 is 23.8 Å². The van der Waals surface area contributed by atoms with Crippen LogP contribution in [0.4, 0.5) is 14.9 Å². The maximum absolute atomic E-state index is 14.5. The minimum Gasteiger partial charge on any atom is -0.493 e. The fraction of sp³-hybridized carbons (Fsp3) is 0.583. The molecule has 5 rings (SSSR count). The number of nitrogens with zero attached hydrogens (tertiary/aromatic N) is 4. The van der Waals surface area contributed by atoms with Crippen LogP contribution in [0, 0.1) is 18.7 Å². The Morgan fingerprint density at radius 3 is 2.54 bits per heavy atom. The second kappa shape index (κ2) is 15.4. The number of carbonyl (C=O) groups is 3. The van der Waals surface area contributed by atoms with Gasteiger partial charge in [-0.25, -0.2) is 9.18 Å². The smallest absolute Gasteiger partial charge is 0.319 e. The molecule has 0 radical (unpaired) electrons. The molecule has 1 unspecified atom stereocenters. The van der Waals surface area contributed by atoms with Gasteiger partial charge in [0.15, 0.2) is 11.5 Å². The van der Waals surface area contributed by atoms with Crippen molar-refractivity contribution < 1.29 is 38.1 Å². The third-order valence-electron chi connectivity index (χ3n) is 9.99. The average Bonchev–Trinajstić information content (AvgIpc) is 3.68. The highest BCUT2D eigenvalue weighted by molar-refractivity contribution is 5.95. The number of rotatable bonds is 14. The molecule has 2 aromatic carbocycles. The zero-order valence-electron chi connectivity index (χ0n) is 28.7. The Morgan fingerprint density at radius 2 is 1.88 bits per heavy atom. The Kier molecular flexibility index (Phi) is 11.3. The number of methoxy groups -OCH3 is 1. The topological polar surface area (TPSA) is 112 Å². The first-order valence-electron chi connectivity index (χ1n) is 17.1. The molecule has 3 amide bonds. The molecular formula is C36H49FN4O7. The summed E-state index contributed by atoms with van der Waals surface area (Å²) in [7, 11) is 3.30. The minimum atomic E-state index is -0.973. The number of benzene rings is 2. The van der Waals surface area contributed by atoms with Crippen LogP contribution < -0.4 is 19.1 Å². The van der Waals surface area contributed by atoms with Gasteiger partial charge in [-0.1, -0.05) is 26.7 Å². The second-order valence-electron chi connectivity index (χ2n) is 13.2. The monoisotopic (exact) mass is 668 g/mol. The van der Waals surface area contributed by atoms with E-state index >= 15 is 0 Å². The molecule has 12 heteroatoms. The van der Waals surface area contributed by atoms with Crippen LogP contribution in [-0.4, -0.2) is 103 Å². The third-order valence-corrected chi connectivity index (χ3v) is 9.99. The molecule has 0 spiro atoms. The van der Waals surface area contributed by atoms with Crippen LogP contribution in [0.2, 0.25) is 0 Å². The second-order valence-corrected chi connectivity index (χ2v) is 13.2. The Morgan fingerprint density at radius 1 is 1.12 bits per heavy atom. The standard InChI is InChI=1S/C36H49FN4O7/c1-6-9-25(10-7-2)41(26-11-12-28(37)23(3)17-26)32(42)21-40-20-27(24-18-30(46-5)34-31(19-24)47-22-48-34)33(35(43)44)29(40)13-16-39-15-8-14-38(4)36(39)45/h11-12,17-19,25,27,29,33H,6-10,13-16,20-22H2,1-5H3,(H,43,44)/t27-,29+,33?/m1/s1. The molecule has 0 bridgehead atoms. The molecule has 2 saturated heterocycles. The van der Waals surface area contributed by atoms with Gasteiger partial charge in [0.2, 0.25) is 18.4 Å². The van der Waals surface area contributed by atoms with Crippen molar-refractivity contribution in [2.45, 2.75) is 77.3 Å². The van der Waals surface area contributed by atoms with Crippen LogP contribution in [0.3, 0.4) is 0 Å². The number of fused-ring (bicyclic) bond motifs is 1. The van der Waals surface area contributed by atoms with E-state index in [2.05, 4.69) is 13.8 Å². The van der Waals surface area contributed by atoms with Crippen molar-refractivity contribution in [1.29, 1.82) is 0 Å².